The molecule has 2 aromatic carbocycles. The number of halogens is 2. The van der Waals surface area contributed by atoms with Gasteiger partial charge in [0, 0.05) is 11.1 Å². The molecule has 4 rings (SSSR count). The monoisotopic (exact) mass is 426 g/mol. The summed E-state index contributed by atoms with van der Waals surface area (Å²) in [6, 6.07) is 17.9. The van der Waals surface area contributed by atoms with Crippen LogP contribution in [-0.4, -0.2) is 47.8 Å². The number of fused-ring (bicyclic) bond motifs is 1. The van der Waals surface area contributed by atoms with Crippen molar-refractivity contribution in [2.24, 2.45) is 0 Å². The number of hydrogen-bond acceptors (Lipinski definition) is 6. The van der Waals surface area contributed by atoms with E-state index in [1.165, 1.54) is 0 Å². The van der Waals surface area contributed by atoms with Gasteiger partial charge in [-0.05, 0) is 0 Å². The predicted molar refractivity (Wildman–Crippen MR) is 102 cm³/mol. The summed E-state index contributed by atoms with van der Waals surface area (Å²) in [7, 11) is 0. The Hall–Kier alpha value is -1.22. The van der Waals surface area contributed by atoms with Gasteiger partial charge in [0.15, 0.2) is 0 Å². The smallest absolute Gasteiger partial charge is 0.277 e. The minimum absolute atomic E-state index is 0.0129. The van der Waals surface area contributed by atoms with E-state index in [1.807, 2.05) is 24.3 Å². The Bertz CT molecular complexity index is 794. The average Bonchev–Trinajstić information content (AvgIpc) is 3.02. The number of aliphatic hydroxyl groups excluding tert-OH is 2. The first-order valence-corrected chi connectivity index (χ1v) is 9.66. The molecule has 8 heteroatoms. The van der Waals surface area contributed by atoms with E-state index in [9.17, 15) is 10.2 Å². The van der Waals surface area contributed by atoms with Crippen molar-refractivity contribution < 1.29 is 29.2 Å². The fraction of sp³-hybridized carbons (Fsp3) is 0.400. The Labute approximate surface area is 172 Å². The summed E-state index contributed by atoms with van der Waals surface area (Å²) in [5.74, 6) is 0. The van der Waals surface area contributed by atoms with Crippen molar-refractivity contribution in [3.05, 3.63) is 71.8 Å². The summed E-state index contributed by atoms with van der Waals surface area (Å²) in [5, 5.41) is 16.7. The van der Waals surface area contributed by atoms with Crippen LogP contribution >= 0.6 is 23.2 Å². The Morgan fingerprint density at radius 1 is 0.893 bits per heavy atom. The normalized spacial score (nSPS) is 36.5. The van der Waals surface area contributed by atoms with E-state index < -0.39 is 41.5 Å². The minimum Gasteiger partial charge on any atom is -0.394 e. The van der Waals surface area contributed by atoms with E-state index in [-0.39, 0.29) is 6.61 Å². The van der Waals surface area contributed by atoms with Crippen LogP contribution < -0.4 is 0 Å². The molecule has 2 heterocycles. The second-order valence-electron chi connectivity index (χ2n) is 6.69. The predicted octanol–water partition coefficient (Wildman–Crippen LogP) is 2.64. The van der Waals surface area contributed by atoms with Gasteiger partial charge < -0.3 is 29.2 Å². The number of benzene rings is 2. The van der Waals surface area contributed by atoms with Gasteiger partial charge in [-0.1, -0.05) is 83.9 Å². The molecule has 0 amide bonds. The van der Waals surface area contributed by atoms with Gasteiger partial charge in [0.05, 0.1) is 13.2 Å². The zero-order valence-corrected chi connectivity index (χ0v) is 16.3. The molecular weight excluding hydrogens is 407 g/mol. The third kappa shape index (κ3) is 3.67. The van der Waals surface area contributed by atoms with Gasteiger partial charge in [-0.25, -0.2) is 0 Å². The molecule has 6 nitrogen and oxygen atoms in total. The highest BCUT2D eigenvalue weighted by Gasteiger charge is 2.56. The van der Waals surface area contributed by atoms with Crippen molar-refractivity contribution in [1.82, 2.24) is 0 Å². The summed E-state index contributed by atoms with van der Waals surface area (Å²) < 4.78 is 23.7. The lowest BCUT2D eigenvalue weighted by Gasteiger charge is -2.33. The number of ether oxygens (including phenoxy) is 4. The van der Waals surface area contributed by atoms with E-state index in [2.05, 4.69) is 0 Å². The molecule has 28 heavy (non-hydrogen) atoms. The average molecular weight is 427 g/mol. The largest absolute Gasteiger partial charge is 0.394 e. The number of hydrogen-bond donors (Lipinski definition) is 2. The van der Waals surface area contributed by atoms with Gasteiger partial charge >= 0.3 is 0 Å². The molecule has 2 saturated heterocycles. The van der Waals surface area contributed by atoms with Crippen molar-refractivity contribution in [1.29, 1.82) is 0 Å². The Kier molecular flexibility index (Phi) is 5.66. The zero-order chi connectivity index (χ0) is 19.8. The Balaban J connectivity index is 1.65. The third-order valence-electron chi connectivity index (χ3n) is 4.81. The van der Waals surface area contributed by atoms with E-state index in [0.717, 1.165) is 0 Å². The van der Waals surface area contributed by atoms with Crippen LogP contribution in [0.2, 0.25) is 0 Å². The molecular formula is C20H20Cl2O6. The molecule has 2 aliphatic rings. The molecule has 2 aliphatic heterocycles. The van der Waals surface area contributed by atoms with Crippen LogP contribution in [0.3, 0.4) is 0 Å². The summed E-state index contributed by atoms with van der Waals surface area (Å²) >= 11 is 13.2. The zero-order valence-electron chi connectivity index (χ0n) is 14.8. The fourth-order valence-corrected chi connectivity index (χ4v) is 4.01. The first kappa shape index (κ1) is 20.1. The van der Waals surface area contributed by atoms with Crippen LogP contribution in [0.25, 0.3) is 0 Å². The lowest BCUT2D eigenvalue weighted by atomic mass is 10.0. The highest BCUT2D eigenvalue weighted by Crippen LogP contribution is 2.47. The molecule has 2 aromatic rings. The van der Waals surface area contributed by atoms with Crippen LogP contribution in [0.5, 0.6) is 0 Å². The van der Waals surface area contributed by atoms with Crippen molar-refractivity contribution >= 4 is 23.2 Å². The van der Waals surface area contributed by atoms with Crippen LogP contribution in [0.1, 0.15) is 11.1 Å². The van der Waals surface area contributed by atoms with Gasteiger partial charge in [0.2, 0.25) is 0 Å². The molecule has 0 saturated carbocycles. The van der Waals surface area contributed by atoms with Gasteiger partial charge in [0.1, 0.15) is 24.4 Å². The Morgan fingerprint density at radius 2 is 1.46 bits per heavy atom. The number of alkyl halides is 2. The van der Waals surface area contributed by atoms with Crippen LogP contribution in [-0.2, 0) is 29.4 Å². The second-order valence-corrected chi connectivity index (χ2v) is 7.68. The van der Waals surface area contributed by atoms with Crippen LogP contribution in [0.15, 0.2) is 60.7 Å². The quantitative estimate of drug-likeness (QED) is 0.731. The maximum atomic E-state index is 10.4. The van der Waals surface area contributed by atoms with Gasteiger partial charge in [0.25, 0.3) is 10.5 Å². The van der Waals surface area contributed by atoms with Gasteiger partial charge in [-0.15, -0.1) is 0 Å². The molecule has 0 aliphatic carbocycles. The summed E-state index contributed by atoms with van der Waals surface area (Å²) in [4.78, 5) is 0. The molecule has 2 fully saturated rings. The Morgan fingerprint density at radius 3 is 2.04 bits per heavy atom. The van der Waals surface area contributed by atoms with Crippen molar-refractivity contribution in [3.63, 3.8) is 0 Å². The molecule has 0 spiro atoms. The van der Waals surface area contributed by atoms with Gasteiger partial charge in [-0.3, -0.25) is 0 Å². The van der Waals surface area contributed by atoms with Crippen molar-refractivity contribution in [2.75, 3.05) is 13.2 Å². The lowest BCUT2D eigenvalue weighted by molar-refractivity contribution is -0.247. The van der Waals surface area contributed by atoms with Gasteiger partial charge in [-0.2, -0.15) is 0 Å². The number of rotatable bonds is 4. The highest BCUT2D eigenvalue weighted by molar-refractivity contribution is 6.22. The topological polar surface area (TPSA) is 77.4 Å². The molecule has 6 atom stereocenters. The first-order valence-electron chi connectivity index (χ1n) is 8.90. The molecule has 150 valence electrons. The standard InChI is InChI=1S/C20H20Cl2O6/c21-19(13-7-3-1-4-8-13)25-12-16-18(17(27-19)15(24)11-23)28-20(22,26-16)14-9-5-2-6-10-14/h1-10,15-18,23-24H,11-12H2/t15-,16+,17-,18-,19?,20?/m0/s1. The molecule has 2 N–H and O–H groups in total. The van der Waals surface area contributed by atoms with Crippen LogP contribution in [0, 0.1) is 0 Å². The first-order chi connectivity index (χ1) is 13.5. The van der Waals surface area contributed by atoms with E-state index in [1.54, 1.807) is 36.4 Å². The molecule has 2 unspecified atom stereocenters. The van der Waals surface area contributed by atoms with E-state index >= 15 is 0 Å². The maximum absolute atomic E-state index is 10.4. The number of aliphatic hydroxyl groups is 2. The summed E-state index contributed by atoms with van der Waals surface area (Å²) in [6.45, 7) is -0.543. The third-order valence-corrected chi connectivity index (χ3v) is 5.62. The fourth-order valence-electron chi connectivity index (χ4n) is 3.38. The molecule has 0 bridgehead atoms. The SMILES string of the molecule is OC[C@H](O)[C@@H]1OC(Cl)(c2ccccc2)OC[C@H]2OC(Cl)(c3ccccc3)O[C@H]12. The van der Waals surface area contributed by atoms with Crippen LogP contribution in [0.4, 0.5) is 0 Å². The second kappa shape index (κ2) is 7.89. The molecule has 0 radical (unpaired) electrons. The van der Waals surface area contributed by atoms with E-state index in [0.29, 0.717) is 11.1 Å². The van der Waals surface area contributed by atoms with Crippen molar-refractivity contribution in [3.8, 4) is 0 Å². The minimum atomic E-state index is -1.67. The maximum Gasteiger partial charge on any atom is 0.277 e. The van der Waals surface area contributed by atoms with Crippen molar-refractivity contribution in [2.45, 2.75) is 34.9 Å². The molecule has 0 aromatic heterocycles. The summed E-state index contributed by atoms with van der Waals surface area (Å²) in [6.07, 6.45) is -3.81. The lowest BCUT2D eigenvalue weighted by Crippen LogP contribution is -2.47. The highest BCUT2D eigenvalue weighted by atomic mass is 35.5. The van der Waals surface area contributed by atoms with E-state index in [4.69, 9.17) is 42.1 Å². The summed E-state index contributed by atoms with van der Waals surface area (Å²) in [5.41, 5.74) is 1.15.